The van der Waals surface area contributed by atoms with E-state index >= 15 is 0 Å². The minimum atomic E-state index is -1.54. The number of methoxy groups -OCH3 is 2. The third kappa shape index (κ3) is 15.1. The first-order chi connectivity index (χ1) is 40.7. The molecule has 0 aromatic heterocycles. The van der Waals surface area contributed by atoms with Crippen LogP contribution in [0.2, 0.25) is 51.4 Å². The zero-order chi connectivity index (χ0) is 62.4. The molecule has 4 aromatic carbocycles. The molecule has 86 heavy (non-hydrogen) atoms. The molecule has 21 nitrogen and oxygen atoms in total. The molecular weight excluding hydrogens is 1140 g/mol. The average Bonchev–Trinajstić information content (AvgIpc) is 1.71. The predicted octanol–water partition coefficient (Wildman–Crippen LogP) is 9.26. The van der Waals surface area contributed by atoms with Crippen LogP contribution >= 0.6 is 0 Å². The fraction of sp³-hybridized carbons (Fsp3) is 0.435. The van der Waals surface area contributed by atoms with Gasteiger partial charge in [-0.3, -0.25) is 38.6 Å². The molecule has 4 N–H and O–H groups in total. The highest BCUT2D eigenvalue weighted by molar-refractivity contribution is 6.76. The highest BCUT2D eigenvalue weighted by Crippen LogP contribution is 2.44. The number of nitrogens with zero attached hydrogens (tertiary/aromatic N) is 4. The first-order valence-corrected chi connectivity index (χ1v) is 36.2. The van der Waals surface area contributed by atoms with Crippen molar-refractivity contribution in [3.63, 3.8) is 0 Å². The fourth-order valence-corrected chi connectivity index (χ4v) is 11.7. The monoisotopic (exact) mass is 1220 g/mol. The highest BCUT2D eigenvalue weighted by atomic mass is 28.3. The van der Waals surface area contributed by atoms with Crippen molar-refractivity contribution >= 4 is 85.9 Å². The second-order valence-electron chi connectivity index (χ2n) is 24.5. The maximum absolute atomic E-state index is 14.9. The van der Waals surface area contributed by atoms with E-state index in [1.807, 2.05) is 0 Å². The Morgan fingerprint density at radius 1 is 0.616 bits per heavy atom. The molecule has 8 rings (SSSR count). The average molecular weight is 1220 g/mol. The Hall–Kier alpha value is -8.07. The predicted molar refractivity (Wildman–Crippen MR) is 328 cm³/mol. The lowest BCUT2D eigenvalue weighted by molar-refractivity contribution is -0.128. The van der Waals surface area contributed by atoms with Crippen molar-refractivity contribution in [1.82, 2.24) is 20.4 Å². The van der Waals surface area contributed by atoms with Gasteiger partial charge in [0.15, 0.2) is 23.0 Å². The van der Waals surface area contributed by atoms with Crippen molar-refractivity contribution in [2.45, 2.75) is 116 Å². The summed E-state index contributed by atoms with van der Waals surface area (Å²) in [5.74, 6) is -2.49. The summed E-state index contributed by atoms with van der Waals surface area (Å²) in [5.41, 5.74) is 4.20. The largest absolute Gasteiger partial charge is 0.493 e. The topological polar surface area (TPSA) is 244 Å². The van der Waals surface area contributed by atoms with E-state index in [0.29, 0.717) is 53.3 Å². The summed E-state index contributed by atoms with van der Waals surface area (Å²) in [6, 6.07) is 17.0. The Morgan fingerprint density at radius 3 is 1.47 bits per heavy atom. The van der Waals surface area contributed by atoms with Gasteiger partial charge in [0, 0.05) is 78.8 Å². The summed E-state index contributed by atoms with van der Waals surface area (Å²) in [4.78, 5) is 102. The first-order valence-electron chi connectivity index (χ1n) is 28.8. The molecule has 4 aromatic rings. The van der Waals surface area contributed by atoms with Gasteiger partial charge in [-0.05, 0) is 83.6 Å². The number of anilines is 3. The summed E-state index contributed by atoms with van der Waals surface area (Å²) in [7, 11) is -0.119. The number of amides is 7. The van der Waals surface area contributed by atoms with Crippen LogP contribution < -0.4 is 44.7 Å². The molecule has 24 heteroatoms. The molecular formula is C62H78FN7O14Si2. The van der Waals surface area contributed by atoms with E-state index in [9.17, 15) is 43.1 Å². The van der Waals surface area contributed by atoms with Crippen LogP contribution in [0.4, 0.5) is 26.2 Å². The van der Waals surface area contributed by atoms with E-state index in [4.69, 9.17) is 28.4 Å². The summed E-state index contributed by atoms with van der Waals surface area (Å²) >= 11 is 0. The lowest BCUT2D eigenvalue weighted by Gasteiger charge is -2.27. The fourth-order valence-electron chi connectivity index (χ4n) is 10.2. The van der Waals surface area contributed by atoms with Crippen LogP contribution in [-0.4, -0.2) is 151 Å². The van der Waals surface area contributed by atoms with Crippen molar-refractivity contribution in [2.24, 2.45) is 5.92 Å². The van der Waals surface area contributed by atoms with Crippen LogP contribution in [0, 0.1) is 11.7 Å². The Kier molecular flexibility index (Phi) is 20.2. The number of carbonyl (C=O) groups is 7. The number of fused-ring (bicyclic) bond motifs is 4. The Balaban J connectivity index is 0.981. The summed E-state index contributed by atoms with van der Waals surface area (Å²) in [6.07, 6.45) is 2.66. The molecule has 0 saturated heterocycles. The molecule has 0 fully saturated rings. The molecule has 0 radical (unpaired) electrons. The number of benzene rings is 4. The maximum Gasteiger partial charge on any atom is 0.405 e. The molecule has 0 aliphatic carbocycles. The van der Waals surface area contributed by atoms with Gasteiger partial charge in [0.05, 0.1) is 49.9 Å². The van der Waals surface area contributed by atoms with Crippen molar-refractivity contribution in [1.29, 1.82) is 0 Å². The van der Waals surface area contributed by atoms with Gasteiger partial charge in [-0.2, -0.15) is 0 Å². The van der Waals surface area contributed by atoms with E-state index in [2.05, 4.69) is 55.2 Å². The first kappa shape index (κ1) is 63.9. The highest BCUT2D eigenvalue weighted by Gasteiger charge is 2.45. The van der Waals surface area contributed by atoms with Crippen molar-refractivity contribution in [3.05, 3.63) is 113 Å². The quantitative estimate of drug-likeness (QED) is 0.0338. The van der Waals surface area contributed by atoms with Gasteiger partial charge < -0.3 is 59.3 Å². The normalized spacial score (nSPS) is 17.4. The lowest BCUT2D eigenvalue weighted by Crippen LogP contribution is -2.53. The van der Waals surface area contributed by atoms with Crippen LogP contribution in [0.3, 0.4) is 0 Å². The molecule has 4 heterocycles. The number of hydrogen-bond donors (Lipinski definition) is 4. The molecule has 0 bridgehead atoms. The Labute approximate surface area is 502 Å². The minimum Gasteiger partial charge on any atom is -0.493 e. The van der Waals surface area contributed by atoms with Crippen molar-refractivity contribution in [3.8, 4) is 23.0 Å². The Bertz CT molecular complexity index is 3290. The molecule has 0 spiro atoms. The van der Waals surface area contributed by atoms with Gasteiger partial charge in [0.25, 0.3) is 23.6 Å². The molecule has 4 aliphatic heterocycles. The lowest BCUT2D eigenvalue weighted by atomic mass is 10.0. The number of rotatable bonds is 26. The number of ether oxygens (including phenoxy) is 6. The second-order valence-corrected chi connectivity index (χ2v) is 35.7. The number of nitrogens with one attached hydrogen (secondary N) is 3. The molecule has 4 aliphatic rings. The maximum atomic E-state index is 14.9. The number of hydrogen-bond acceptors (Lipinski definition) is 13. The van der Waals surface area contributed by atoms with Crippen LogP contribution in [0.5, 0.6) is 23.0 Å². The van der Waals surface area contributed by atoms with Gasteiger partial charge in [0.1, 0.15) is 43.4 Å². The van der Waals surface area contributed by atoms with Crippen LogP contribution in [-0.2, 0) is 28.7 Å². The van der Waals surface area contributed by atoms with Crippen molar-refractivity contribution in [2.75, 3.05) is 69.2 Å². The second kappa shape index (κ2) is 27.1. The SMILES string of the molecule is COc1cc2c(cc1OCCCOc1cc3c(cc1OC)C(=O)N1C=C(c4ccc(NC(=O)C(C)NC(=O)C(NC(=O)O)C(C)C)cc4)C[C@H]1C(=O)N3COCC[Si](C)(C)C)N(COCC[Si](C)(C)C)C(=O)[C@@H]1CC(c3ccc(F)cc3)=CN1C2=O. The standard InChI is InChI=1S/C62H78FN7O14Si2/c1-37(2)55(66-62(77)78)57(72)64-38(3)56(71)65-44-19-15-40(16-20-44)42-28-50-61(76)70(36-82-24-26-86(9,10)11)48-32-54(52(80-5)30-46(48)59(74)68(50)34-42)84-22-12-21-83-53-31-47-45(29-51(53)79-4)58(73)67-33-41(39-13-17-43(63)18-14-39)27-49(67)60(75)69(47)35-81-23-25-85(6,7)8/h13-20,29-34,37-38,49-50,55,66H,12,21-28,35-36H2,1-11H3,(H,64,72)(H,65,71)(H,77,78)/t38?,49-,50-,55?/m0/s1. The van der Waals surface area contributed by atoms with E-state index in [1.54, 1.807) is 86.9 Å². The van der Waals surface area contributed by atoms with Crippen LogP contribution in [0.1, 0.15) is 71.9 Å². The van der Waals surface area contributed by atoms with E-state index in [1.165, 1.54) is 52.9 Å². The summed E-state index contributed by atoms with van der Waals surface area (Å²) < 4.78 is 50.5. The van der Waals surface area contributed by atoms with Gasteiger partial charge in [-0.15, -0.1) is 0 Å². The number of carboxylic acid groups (broad SMARTS) is 1. The van der Waals surface area contributed by atoms with E-state index in [-0.39, 0.29) is 97.1 Å². The summed E-state index contributed by atoms with van der Waals surface area (Å²) in [6.45, 7) is 19.0. The van der Waals surface area contributed by atoms with Gasteiger partial charge in [0.2, 0.25) is 11.8 Å². The molecule has 7 amide bonds. The number of carbonyl (C=O) groups excluding carboxylic acids is 6. The van der Waals surface area contributed by atoms with Gasteiger partial charge in [-0.25, -0.2) is 9.18 Å². The number of halogens is 1. The van der Waals surface area contributed by atoms with Crippen molar-refractivity contribution < 1.29 is 71.5 Å². The van der Waals surface area contributed by atoms with Crippen LogP contribution in [0.15, 0.2) is 85.2 Å². The molecule has 4 atom stereocenters. The third-order valence-electron chi connectivity index (χ3n) is 15.2. The smallest absolute Gasteiger partial charge is 0.405 e. The van der Waals surface area contributed by atoms with Gasteiger partial charge in [-0.1, -0.05) is 77.4 Å². The third-order valence-corrected chi connectivity index (χ3v) is 18.6. The van der Waals surface area contributed by atoms with Crippen LogP contribution in [0.25, 0.3) is 11.1 Å². The zero-order valence-electron chi connectivity index (χ0n) is 50.7. The Morgan fingerprint density at radius 2 is 1.06 bits per heavy atom. The molecule has 0 saturated carbocycles. The minimum absolute atomic E-state index is 0.0916. The van der Waals surface area contributed by atoms with Gasteiger partial charge >= 0.3 is 6.09 Å². The van der Waals surface area contributed by atoms with E-state index in [0.717, 1.165) is 12.1 Å². The van der Waals surface area contributed by atoms with E-state index < -0.39 is 75.9 Å². The molecule has 2 unspecified atom stereocenters. The summed E-state index contributed by atoms with van der Waals surface area (Å²) in [5, 5.41) is 16.7. The zero-order valence-corrected chi connectivity index (χ0v) is 52.7. The molecule has 460 valence electrons.